The number of carboxylic acids is 2. The first-order valence-electron chi connectivity index (χ1n) is 13.3. The Hall–Kier alpha value is -2.69. The molecule has 202 valence electrons. The van der Waals surface area contributed by atoms with Gasteiger partial charge in [0.2, 0.25) is 17.7 Å². The second-order valence-corrected chi connectivity index (χ2v) is 10.4. The van der Waals surface area contributed by atoms with Crippen LogP contribution in [0.15, 0.2) is 0 Å². The van der Waals surface area contributed by atoms with Crippen molar-refractivity contribution in [1.29, 1.82) is 0 Å². The van der Waals surface area contributed by atoms with Crippen molar-refractivity contribution < 1.29 is 34.2 Å². The van der Waals surface area contributed by atoms with Gasteiger partial charge < -0.3 is 31.5 Å². The van der Waals surface area contributed by atoms with Crippen LogP contribution in [0.1, 0.15) is 83.5 Å². The third kappa shape index (κ3) is 6.96. The van der Waals surface area contributed by atoms with Gasteiger partial charge in [0.1, 0.15) is 18.1 Å². The van der Waals surface area contributed by atoms with E-state index < -0.39 is 41.9 Å². The summed E-state index contributed by atoms with van der Waals surface area (Å²) in [4.78, 5) is 63.6. The van der Waals surface area contributed by atoms with E-state index in [-0.39, 0.29) is 36.6 Å². The second kappa shape index (κ2) is 13.0. The molecule has 0 aromatic rings. The number of carbonyl (C=O) groups excluding carboxylic acids is 3. The lowest BCUT2D eigenvalue weighted by Crippen LogP contribution is -2.53. The van der Waals surface area contributed by atoms with Gasteiger partial charge in [-0.2, -0.15) is 0 Å². The Morgan fingerprint density at radius 3 is 2.22 bits per heavy atom. The first-order valence-corrected chi connectivity index (χ1v) is 13.3. The van der Waals surface area contributed by atoms with Gasteiger partial charge in [0, 0.05) is 18.4 Å². The van der Waals surface area contributed by atoms with E-state index in [2.05, 4.69) is 10.6 Å². The van der Waals surface area contributed by atoms with Gasteiger partial charge in [-0.05, 0) is 70.3 Å². The molecule has 1 saturated heterocycles. The monoisotopic (exact) mass is 508 g/mol. The molecule has 36 heavy (non-hydrogen) atoms. The molecule has 0 aromatic heterocycles. The Balaban J connectivity index is 1.60. The first kappa shape index (κ1) is 27.9. The highest BCUT2D eigenvalue weighted by Crippen LogP contribution is 2.40. The average molecular weight is 509 g/mol. The van der Waals surface area contributed by atoms with Crippen LogP contribution in [-0.4, -0.2) is 75.5 Å². The third-order valence-electron chi connectivity index (χ3n) is 7.98. The number of unbranched alkanes of at least 4 members (excludes halogenated alkanes) is 1. The van der Waals surface area contributed by atoms with Crippen LogP contribution in [0.25, 0.3) is 0 Å². The molecule has 11 nitrogen and oxygen atoms in total. The van der Waals surface area contributed by atoms with Gasteiger partial charge >= 0.3 is 11.9 Å². The van der Waals surface area contributed by atoms with Crippen molar-refractivity contribution in [3.8, 4) is 0 Å². The van der Waals surface area contributed by atoms with Gasteiger partial charge in [0.25, 0.3) is 0 Å². The summed E-state index contributed by atoms with van der Waals surface area (Å²) in [6, 6.07) is -3.22. The molecule has 6 N–H and O–H groups in total. The molecule has 3 fully saturated rings. The molecular formula is C25H40N4O7. The maximum Gasteiger partial charge on any atom is 0.326 e. The maximum atomic E-state index is 13.1. The highest BCUT2D eigenvalue weighted by atomic mass is 16.4. The molecule has 5 atom stereocenters. The Morgan fingerprint density at radius 2 is 1.61 bits per heavy atom. The minimum absolute atomic E-state index is 0.117. The van der Waals surface area contributed by atoms with Crippen LogP contribution in [0.4, 0.5) is 0 Å². The molecular weight excluding hydrogens is 468 g/mol. The molecule has 0 spiro atoms. The zero-order chi connectivity index (χ0) is 26.2. The van der Waals surface area contributed by atoms with Crippen LogP contribution in [0.5, 0.6) is 0 Å². The van der Waals surface area contributed by atoms with E-state index in [4.69, 9.17) is 5.73 Å². The number of hydrogen-bond donors (Lipinski definition) is 5. The predicted molar refractivity (Wildman–Crippen MR) is 130 cm³/mol. The first-order chi connectivity index (χ1) is 17.2. The summed E-state index contributed by atoms with van der Waals surface area (Å²) in [7, 11) is 0. The van der Waals surface area contributed by atoms with Crippen molar-refractivity contribution in [1.82, 2.24) is 15.5 Å². The summed E-state index contributed by atoms with van der Waals surface area (Å²) in [5.74, 6) is -3.47. The molecule has 2 saturated carbocycles. The fourth-order valence-electron chi connectivity index (χ4n) is 5.69. The van der Waals surface area contributed by atoms with Crippen molar-refractivity contribution in [2.45, 2.75) is 108 Å². The number of nitrogens with zero attached hydrogens (tertiary/aromatic N) is 1. The Bertz CT molecular complexity index is 831. The molecule has 0 aromatic carbocycles. The fourth-order valence-corrected chi connectivity index (χ4v) is 5.69. The van der Waals surface area contributed by atoms with Gasteiger partial charge in [0.05, 0.1) is 0 Å². The van der Waals surface area contributed by atoms with Crippen LogP contribution in [0.2, 0.25) is 0 Å². The van der Waals surface area contributed by atoms with Crippen LogP contribution in [0.3, 0.4) is 0 Å². The smallest absolute Gasteiger partial charge is 0.326 e. The lowest BCUT2D eigenvalue weighted by Gasteiger charge is -2.33. The number of nitrogens with one attached hydrogen (secondary N) is 2. The standard InChI is InChI=1S/C25H40N4O7/c26-13-4-3-9-17(27-22(31)15-7-5-8-15)23(32)28-18(24(33)34)11-12-21(30)29-19-10-2-1-6-16(19)14-20(29)25(35)36/h15-20H,1-14,26H2,(H,27,31)(H,28,32)(H,33,34)(H,35,36)/t16-,17-,18+,19-,20-/m0/s1. The van der Waals surface area contributed by atoms with Gasteiger partial charge in [-0.3, -0.25) is 14.4 Å². The van der Waals surface area contributed by atoms with Crippen LogP contribution < -0.4 is 16.4 Å². The molecule has 1 aliphatic heterocycles. The van der Waals surface area contributed by atoms with Crippen molar-refractivity contribution in [2.24, 2.45) is 17.6 Å². The van der Waals surface area contributed by atoms with E-state index in [1.54, 1.807) is 0 Å². The number of likely N-dealkylation sites (tertiary alicyclic amines) is 1. The molecule has 3 aliphatic rings. The van der Waals surface area contributed by atoms with Crippen LogP contribution in [-0.2, 0) is 24.0 Å². The fraction of sp³-hybridized carbons (Fsp3) is 0.800. The molecule has 3 amide bonds. The second-order valence-electron chi connectivity index (χ2n) is 10.4. The number of amides is 3. The lowest BCUT2D eigenvalue weighted by atomic mass is 9.84. The number of carboxylic acid groups (broad SMARTS) is 2. The summed E-state index contributed by atoms with van der Waals surface area (Å²) >= 11 is 0. The van der Waals surface area contributed by atoms with Gasteiger partial charge in [-0.25, -0.2) is 9.59 Å². The van der Waals surface area contributed by atoms with Crippen LogP contribution in [0, 0.1) is 11.8 Å². The normalized spacial score (nSPS) is 25.2. The third-order valence-corrected chi connectivity index (χ3v) is 7.98. The van der Waals surface area contributed by atoms with Crippen LogP contribution >= 0.6 is 0 Å². The summed E-state index contributed by atoms with van der Waals surface area (Å²) in [5, 5.41) is 24.6. The molecule has 11 heteroatoms. The highest BCUT2D eigenvalue weighted by molar-refractivity contribution is 5.91. The molecule has 0 unspecified atom stereocenters. The molecule has 1 heterocycles. The Labute approximate surface area is 211 Å². The minimum atomic E-state index is -1.33. The lowest BCUT2D eigenvalue weighted by molar-refractivity contribution is -0.150. The van der Waals surface area contributed by atoms with E-state index in [1.807, 2.05) is 0 Å². The predicted octanol–water partition coefficient (Wildman–Crippen LogP) is 0.994. The Morgan fingerprint density at radius 1 is 0.889 bits per heavy atom. The highest BCUT2D eigenvalue weighted by Gasteiger charge is 2.47. The van der Waals surface area contributed by atoms with Gasteiger partial charge in [-0.15, -0.1) is 0 Å². The topological polar surface area (TPSA) is 179 Å². The quantitative estimate of drug-likeness (QED) is 0.229. The zero-order valence-electron chi connectivity index (χ0n) is 20.8. The summed E-state index contributed by atoms with van der Waals surface area (Å²) in [6.07, 6.45) is 7.81. The van der Waals surface area contributed by atoms with Crippen molar-refractivity contribution in [3.63, 3.8) is 0 Å². The number of rotatable bonds is 13. The summed E-state index contributed by atoms with van der Waals surface area (Å²) in [6.45, 7) is 0.445. The molecule has 0 bridgehead atoms. The SMILES string of the molecule is NCCCC[C@H](NC(=O)C1CCC1)C(=O)N[C@H](CCC(=O)N1[C@H](C(=O)O)C[C@@H]2CCCC[C@@H]21)C(=O)O. The summed E-state index contributed by atoms with van der Waals surface area (Å²) < 4.78 is 0. The van der Waals surface area contributed by atoms with Gasteiger partial charge in [-0.1, -0.05) is 19.3 Å². The Kier molecular flexibility index (Phi) is 10.1. The number of aliphatic carboxylic acids is 2. The van der Waals surface area contributed by atoms with E-state index in [9.17, 15) is 34.2 Å². The molecule has 2 aliphatic carbocycles. The number of carbonyl (C=O) groups is 5. The van der Waals surface area contributed by atoms with Crippen molar-refractivity contribution in [3.05, 3.63) is 0 Å². The van der Waals surface area contributed by atoms with E-state index >= 15 is 0 Å². The van der Waals surface area contributed by atoms with Gasteiger partial charge in [0.15, 0.2) is 0 Å². The maximum absolute atomic E-state index is 13.1. The summed E-state index contributed by atoms with van der Waals surface area (Å²) in [5.41, 5.74) is 5.54. The molecule has 3 rings (SSSR count). The van der Waals surface area contributed by atoms with Crippen molar-refractivity contribution >= 4 is 29.7 Å². The van der Waals surface area contributed by atoms with E-state index in [0.29, 0.717) is 32.2 Å². The number of hydrogen-bond acceptors (Lipinski definition) is 6. The molecule has 0 radical (unpaired) electrons. The largest absolute Gasteiger partial charge is 0.480 e. The number of fused-ring (bicyclic) bond motifs is 1. The average Bonchev–Trinajstić information content (AvgIpc) is 3.19. The minimum Gasteiger partial charge on any atom is -0.480 e. The van der Waals surface area contributed by atoms with E-state index in [1.165, 1.54) is 4.90 Å². The number of nitrogens with two attached hydrogens (primary N) is 1. The van der Waals surface area contributed by atoms with Crippen molar-refractivity contribution in [2.75, 3.05) is 6.54 Å². The zero-order valence-corrected chi connectivity index (χ0v) is 20.8. The van der Waals surface area contributed by atoms with E-state index in [0.717, 1.165) is 44.9 Å².